The van der Waals surface area contributed by atoms with Gasteiger partial charge >= 0.3 is 7.12 Å². The van der Waals surface area contributed by atoms with Crippen molar-refractivity contribution in [1.82, 2.24) is 4.98 Å². The first-order valence-corrected chi connectivity index (χ1v) is 14.3. The Hall–Kier alpha value is -4.18. The van der Waals surface area contributed by atoms with Crippen LogP contribution in [-0.2, 0) is 4.76 Å². The van der Waals surface area contributed by atoms with E-state index in [9.17, 15) is 14.2 Å². The Morgan fingerprint density at radius 2 is 1.88 bits per heavy atom. The van der Waals surface area contributed by atoms with Crippen molar-refractivity contribution in [1.29, 1.82) is 0 Å². The lowest BCUT2D eigenvalue weighted by atomic mass is 9.75. The number of halogens is 1. The number of aryl methyl sites for hydroxylation is 1. The highest BCUT2D eigenvalue weighted by Gasteiger charge is 2.29. The van der Waals surface area contributed by atoms with E-state index in [1.54, 1.807) is 24.3 Å². The highest BCUT2D eigenvalue weighted by Crippen LogP contribution is 2.37. The molecular weight excluding hydrogens is 534 g/mol. The highest BCUT2D eigenvalue weighted by atomic mass is 19.1. The van der Waals surface area contributed by atoms with Crippen LogP contribution >= 0.6 is 0 Å². The highest BCUT2D eigenvalue weighted by molar-refractivity contribution is 6.62. The van der Waals surface area contributed by atoms with Gasteiger partial charge in [0.05, 0.1) is 34.6 Å². The van der Waals surface area contributed by atoms with Crippen molar-refractivity contribution in [3.05, 3.63) is 80.9 Å². The van der Waals surface area contributed by atoms with Crippen LogP contribution in [0.3, 0.4) is 0 Å². The van der Waals surface area contributed by atoms with Gasteiger partial charge in [0.2, 0.25) is 11.8 Å². The second-order valence-electron chi connectivity index (χ2n) is 12.2. The van der Waals surface area contributed by atoms with Crippen molar-refractivity contribution in [3.8, 4) is 11.3 Å². The Balaban J connectivity index is 1.40. The van der Waals surface area contributed by atoms with Crippen molar-refractivity contribution in [2.45, 2.75) is 53.5 Å². The van der Waals surface area contributed by atoms with Gasteiger partial charge < -0.3 is 24.4 Å². The maximum absolute atomic E-state index is 14.4. The van der Waals surface area contributed by atoms with Gasteiger partial charge in [0, 0.05) is 29.7 Å². The molecule has 0 unspecified atom stereocenters. The van der Waals surface area contributed by atoms with Gasteiger partial charge in [0.1, 0.15) is 5.58 Å². The summed E-state index contributed by atoms with van der Waals surface area (Å²) >= 11 is 0. The molecule has 8 nitrogen and oxygen atoms in total. The van der Waals surface area contributed by atoms with E-state index in [4.69, 9.17) is 9.17 Å². The summed E-state index contributed by atoms with van der Waals surface area (Å²) in [7, 11) is -1.16. The quantitative estimate of drug-likeness (QED) is 0.244. The Kier molecular flexibility index (Phi) is 7.05. The van der Waals surface area contributed by atoms with Gasteiger partial charge in [-0.25, -0.2) is 4.98 Å². The Morgan fingerprint density at radius 3 is 2.64 bits per heavy atom. The van der Waals surface area contributed by atoms with E-state index in [1.807, 2.05) is 32.9 Å². The molecule has 10 heteroatoms. The van der Waals surface area contributed by atoms with Crippen molar-refractivity contribution < 1.29 is 18.6 Å². The number of benzene rings is 2. The van der Waals surface area contributed by atoms with Gasteiger partial charge in [-0.05, 0) is 74.4 Å². The predicted molar refractivity (Wildman–Crippen MR) is 165 cm³/mol. The fourth-order valence-corrected chi connectivity index (χ4v) is 5.84. The summed E-state index contributed by atoms with van der Waals surface area (Å²) in [6, 6.07) is 11.8. The number of rotatable bonds is 5. The first kappa shape index (κ1) is 28.0. The third-order valence-corrected chi connectivity index (χ3v) is 8.45. The SMILES string of the molecule is Cc1cc([C@H](C)Nc2ccc(F)nc2-c2ccc3c(c2)C=NOB3O)c2oc(N3CCC(C)(C)CC3)c(C)c(=O)c2c1. The minimum atomic E-state index is -1.16. The Bertz CT molecular complexity index is 1780. The molecule has 2 N–H and O–H groups in total. The predicted octanol–water partition coefficient (Wildman–Crippen LogP) is 5.46. The molecule has 0 bridgehead atoms. The fraction of sp³-hybridized carbons (Fsp3) is 0.344. The molecular formula is C32H34BFN4O4. The smallest absolute Gasteiger partial charge is 0.440 e. The maximum atomic E-state index is 14.4. The van der Waals surface area contributed by atoms with Crippen LogP contribution in [0.1, 0.15) is 61.9 Å². The number of pyridine rings is 1. The summed E-state index contributed by atoms with van der Waals surface area (Å²) in [6.45, 7) is 12.0. The normalized spacial score (nSPS) is 16.7. The van der Waals surface area contributed by atoms with Crippen LogP contribution in [0.15, 0.2) is 56.8 Å². The molecule has 1 fully saturated rings. The second kappa shape index (κ2) is 10.6. The number of piperidine rings is 1. The number of hydrogen-bond acceptors (Lipinski definition) is 8. The molecule has 6 rings (SSSR count). The first-order valence-electron chi connectivity index (χ1n) is 14.3. The van der Waals surface area contributed by atoms with Crippen LogP contribution < -0.4 is 21.1 Å². The number of aromatic nitrogens is 1. The van der Waals surface area contributed by atoms with E-state index in [0.717, 1.165) is 37.1 Å². The molecule has 0 saturated carbocycles. The summed E-state index contributed by atoms with van der Waals surface area (Å²) in [4.78, 5) is 20.0. The standard InChI is InChI=1S/C32H34BFN4O4/c1-18-14-23(30-24(15-18)29(39)19(2)31(41-30)38-12-10-32(4,5)11-13-38)20(3)36-26-8-9-27(34)37-28(26)21-6-7-25-22(16-21)17-35-42-33(25)40/h6-9,14-17,20,36,40H,10-13H2,1-5H3/t20-/m0/s1. The minimum absolute atomic E-state index is 0.0285. The lowest BCUT2D eigenvalue weighted by Crippen LogP contribution is -2.38. The maximum Gasteiger partial charge on any atom is 0.583 e. The van der Waals surface area contributed by atoms with E-state index in [-0.39, 0.29) is 16.9 Å². The molecule has 2 aliphatic heterocycles. The molecule has 0 spiro atoms. The van der Waals surface area contributed by atoms with E-state index in [1.165, 1.54) is 12.3 Å². The average molecular weight is 568 g/mol. The van der Waals surface area contributed by atoms with E-state index in [2.05, 4.69) is 34.2 Å². The summed E-state index contributed by atoms with van der Waals surface area (Å²) in [6.07, 6.45) is 3.55. The zero-order chi connectivity index (χ0) is 29.8. The number of oxime groups is 1. The number of nitrogens with zero attached hydrogens (tertiary/aromatic N) is 3. The van der Waals surface area contributed by atoms with E-state index < -0.39 is 13.1 Å². The van der Waals surface area contributed by atoms with E-state index in [0.29, 0.717) is 50.4 Å². The van der Waals surface area contributed by atoms with Crippen LogP contribution in [-0.4, -0.2) is 36.4 Å². The molecule has 2 aromatic carbocycles. The Morgan fingerprint density at radius 1 is 1.12 bits per heavy atom. The van der Waals surface area contributed by atoms with Gasteiger partial charge in [-0.3, -0.25) is 4.79 Å². The van der Waals surface area contributed by atoms with Crippen LogP contribution in [0, 0.1) is 25.2 Å². The summed E-state index contributed by atoms with van der Waals surface area (Å²) < 4.78 is 25.9. The van der Waals surface area contributed by atoms with Gasteiger partial charge in [-0.15, -0.1) is 5.16 Å². The summed E-state index contributed by atoms with van der Waals surface area (Å²) in [5.74, 6) is 0.0149. The number of fused-ring (bicyclic) bond motifs is 2. The fourth-order valence-electron chi connectivity index (χ4n) is 5.84. The van der Waals surface area contributed by atoms with Gasteiger partial charge in [0.15, 0.2) is 5.43 Å². The van der Waals surface area contributed by atoms with E-state index >= 15 is 0 Å². The van der Waals surface area contributed by atoms with Crippen LogP contribution in [0.5, 0.6) is 0 Å². The molecule has 4 heterocycles. The lowest BCUT2D eigenvalue weighted by molar-refractivity contribution is 0.274. The summed E-state index contributed by atoms with van der Waals surface area (Å²) in [5, 5.41) is 17.9. The average Bonchev–Trinajstić information content (AvgIpc) is 2.96. The van der Waals surface area contributed by atoms with Crippen molar-refractivity contribution >= 4 is 41.3 Å². The lowest BCUT2D eigenvalue weighted by Gasteiger charge is -2.37. The molecule has 42 heavy (non-hydrogen) atoms. The minimum Gasteiger partial charge on any atom is -0.440 e. The zero-order valence-electron chi connectivity index (χ0n) is 24.5. The monoisotopic (exact) mass is 568 g/mol. The molecule has 0 amide bonds. The van der Waals surface area contributed by atoms with Crippen molar-refractivity contribution in [3.63, 3.8) is 0 Å². The summed E-state index contributed by atoms with van der Waals surface area (Å²) in [5.41, 5.74) is 6.06. The zero-order valence-corrected chi connectivity index (χ0v) is 24.5. The molecule has 2 aromatic heterocycles. The molecule has 2 aliphatic rings. The first-order chi connectivity index (χ1) is 20.0. The van der Waals surface area contributed by atoms with Crippen molar-refractivity contribution in [2.24, 2.45) is 10.6 Å². The second-order valence-corrected chi connectivity index (χ2v) is 12.2. The topological polar surface area (TPSA) is 100 Å². The third kappa shape index (κ3) is 5.15. The molecule has 1 atom stereocenters. The largest absolute Gasteiger partial charge is 0.583 e. The number of anilines is 2. The van der Waals surface area contributed by atoms with Gasteiger partial charge in [0.25, 0.3) is 0 Å². The van der Waals surface area contributed by atoms with Crippen molar-refractivity contribution in [2.75, 3.05) is 23.3 Å². The molecule has 0 aliphatic carbocycles. The molecule has 0 radical (unpaired) electrons. The van der Waals surface area contributed by atoms with Crippen LogP contribution in [0.25, 0.3) is 22.2 Å². The van der Waals surface area contributed by atoms with Gasteiger partial charge in [-0.2, -0.15) is 4.39 Å². The Labute approximate surface area is 244 Å². The number of nitrogens with one attached hydrogen (secondary N) is 1. The third-order valence-electron chi connectivity index (χ3n) is 8.45. The number of hydrogen-bond donors (Lipinski definition) is 2. The molecule has 4 aromatic rings. The molecule has 1 saturated heterocycles. The van der Waals surface area contributed by atoms with Gasteiger partial charge in [-0.1, -0.05) is 32.0 Å². The molecule has 216 valence electrons. The van der Waals surface area contributed by atoms with Crippen LogP contribution in [0.2, 0.25) is 0 Å². The van der Waals surface area contributed by atoms with Crippen LogP contribution in [0.4, 0.5) is 16.0 Å².